The van der Waals surface area contributed by atoms with Crippen LogP contribution in [0.3, 0.4) is 0 Å². The van der Waals surface area contributed by atoms with Crippen molar-refractivity contribution in [3.63, 3.8) is 0 Å². The summed E-state index contributed by atoms with van der Waals surface area (Å²) in [5.74, 6) is -4.37. The molecule has 2 aromatic carbocycles. The molecular weight excluding hydrogens is 280 g/mol. The minimum absolute atomic E-state index is 0.0179. The standard InChI is InChI=1S/C15H11F2NO3/c1-8-5-6-9(15(20)21)7-12(8)18-14(19)10-3-2-4-11(16)13(10)17/h2-7H,1H3,(H,18,19)(H,20,21). The average molecular weight is 291 g/mol. The third-order valence-corrected chi connectivity index (χ3v) is 2.93. The molecule has 2 aromatic rings. The predicted octanol–water partition coefficient (Wildman–Crippen LogP) is 3.22. The van der Waals surface area contributed by atoms with Gasteiger partial charge in [0.2, 0.25) is 0 Å². The number of aryl methyl sites for hydroxylation is 1. The van der Waals surface area contributed by atoms with Crippen LogP contribution in [0.15, 0.2) is 36.4 Å². The Morgan fingerprint density at radius 2 is 1.86 bits per heavy atom. The number of amides is 1. The Hall–Kier alpha value is -2.76. The first-order chi connectivity index (χ1) is 9.90. The number of aromatic carboxylic acids is 1. The van der Waals surface area contributed by atoms with E-state index in [1.807, 2.05) is 0 Å². The highest BCUT2D eigenvalue weighted by atomic mass is 19.2. The molecule has 108 valence electrons. The lowest BCUT2D eigenvalue weighted by Gasteiger charge is -2.10. The summed E-state index contributed by atoms with van der Waals surface area (Å²) < 4.78 is 26.6. The Kier molecular flexibility index (Phi) is 3.98. The first-order valence-corrected chi connectivity index (χ1v) is 5.99. The summed E-state index contributed by atoms with van der Waals surface area (Å²) in [6, 6.07) is 7.42. The summed E-state index contributed by atoms with van der Waals surface area (Å²) in [6.45, 7) is 1.66. The fourth-order valence-corrected chi connectivity index (χ4v) is 1.76. The number of hydrogen-bond acceptors (Lipinski definition) is 2. The molecule has 0 heterocycles. The maximum atomic E-state index is 13.5. The highest BCUT2D eigenvalue weighted by Crippen LogP contribution is 2.19. The smallest absolute Gasteiger partial charge is 0.335 e. The zero-order chi connectivity index (χ0) is 15.6. The van der Waals surface area contributed by atoms with Gasteiger partial charge in [-0.05, 0) is 36.8 Å². The molecule has 0 saturated carbocycles. The SMILES string of the molecule is Cc1ccc(C(=O)O)cc1NC(=O)c1cccc(F)c1F. The van der Waals surface area contributed by atoms with E-state index in [1.54, 1.807) is 6.92 Å². The molecule has 2 rings (SSSR count). The number of carbonyl (C=O) groups is 2. The summed E-state index contributed by atoms with van der Waals surface area (Å²) in [5.41, 5.74) is 0.361. The van der Waals surface area contributed by atoms with E-state index < -0.39 is 29.1 Å². The topological polar surface area (TPSA) is 66.4 Å². The van der Waals surface area contributed by atoms with E-state index in [9.17, 15) is 18.4 Å². The highest BCUT2D eigenvalue weighted by Gasteiger charge is 2.16. The van der Waals surface area contributed by atoms with Crippen LogP contribution in [-0.2, 0) is 0 Å². The molecule has 4 nitrogen and oxygen atoms in total. The fourth-order valence-electron chi connectivity index (χ4n) is 1.76. The van der Waals surface area contributed by atoms with Gasteiger partial charge in [0, 0.05) is 5.69 Å². The van der Waals surface area contributed by atoms with Crippen molar-refractivity contribution in [1.82, 2.24) is 0 Å². The molecule has 0 saturated heterocycles. The van der Waals surface area contributed by atoms with Crippen molar-refractivity contribution >= 4 is 17.6 Å². The Morgan fingerprint density at radius 3 is 2.52 bits per heavy atom. The highest BCUT2D eigenvalue weighted by molar-refractivity contribution is 6.05. The van der Waals surface area contributed by atoms with Crippen molar-refractivity contribution in [1.29, 1.82) is 0 Å². The third kappa shape index (κ3) is 3.05. The molecule has 0 aliphatic carbocycles. The second kappa shape index (κ2) is 5.70. The van der Waals surface area contributed by atoms with Crippen LogP contribution in [0.2, 0.25) is 0 Å². The molecule has 2 N–H and O–H groups in total. The summed E-state index contributed by atoms with van der Waals surface area (Å²) >= 11 is 0. The minimum Gasteiger partial charge on any atom is -0.478 e. The van der Waals surface area contributed by atoms with E-state index in [2.05, 4.69) is 5.32 Å². The van der Waals surface area contributed by atoms with E-state index in [-0.39, 0.29) is 11.3 Å². The number of carbonyl (C=O) groups excluding carboxylic acids is 1. The lowest BCUT2D eigenvalue weighted by atomic mass is 10.1. The molecule has 0 aliphatic rings. The second-order valence-corrected chi connectivity index (χ2v) is 4.39. The summed E-state index contributed by atoms with van der Waals surface area (Å²) in [7, 11) is 0. The minimum atomic E-state index is -1.25. The summed E-state index contributed by atoms with van der Waals surface area (Å²) in [6.07, 6.45) is 0. The molecule has 0 atom stereocenters. The first kappa shape index (κ1) is 14.6. The van der Waals surface area contributed by atoms with Crippen molar-refractivity contribution in [2.75, 3.05) is 5.32 Å². The molecule has 0 bridgehead atoms. The zero-order valence-corrected chi connectivity index (χ0v) is 11.0. The van der Waals surface area contributed by atoms with E-state index in [1.165, 1.54) is 24.3 Å². The van der Waals surface area contributed by atoms with Crippen molar-refractivity contribution in [3.05, 3.63) is 64.7 Å². The van der Waals surface area contributed by atoms with Gasteiger partial charge in [0.1, 0.15) is 0 Å². The molecule has 21 heavy (non-hydrogen) atoms. The number of halogens is 2. The molecular formula is C15H11F2NO3. The number of hydrogen-bond donors (Lipinski definition) is 2. The summed E-state index contributed by atoms with van der Waals surface area (Å²) in [5, 5.41) is 11.3. The lowest BCUT2D eigenvalue weighted by Crippen LogP contribution is -2.15. The quantitative estimate of drug-likeness (QED) is 0.912. The van der Waals surface area contributed by atoms with Crippen LogP contribution in [0.5, 0.6) is 0 Å². The fraction of sp³-hybridized carbons (Fsp3) is 0.0667. The van der Waals surface area contributed by atoms with Crippen LogP contribution in [-0.4, -0.2) is 17.0 Å². The van der Waals surface area contributed by atoms with Gasteiger partial charge in [-0.3, -0.25) is 4.79 Å². The maximum absolute atomic E-state index is 13.5. The van der Waals surface area contributed by atoms with Crippen LogP contribution in [0, 0.1) is 18.6 Å². The Bertz CT molecular complexity index is 729. The number of benzene rings is 2. The van der Waals surface area contributed by atoms with Gasteiger partial charge in [-0.15, -0.1) is 0 Å². The van der Waals surface area contributed by atoms with Gasteiger partial charge in [-0.25, -0.2) is 13.6 Å². The number of nitrogens with one attached hydrogen (secondary N) is 1. The zero-order valence-electron chi connectivity index (χ0n) is 11.0. The number of rotatable bonds is 3. The predicted molar refractivity (Wildman–Crippen MR) is 72.4 cm³/mol. The Morgan fingerprint density at radius 1 is 1.14 bits per heavy atom. The van der Waals surface area contributed by atoms with Crippen LogP contribution >= 0.6 is 0 Å². The van der Waals surface area contributed by atoms with Gasteiger partial charge in [0.15, 0.2) is 11.6 Å². The van der Waals surface area contributed by atoms with E-state index in [0.717, 1.165) is 12.1 Å². The second-order valence-electron chi connectivity index (χ2n) is 4.39. The molecule has 0 radical (unpaired) electrons. The Labute approximate surface area is 119 Å². The first-order valence-electron chi connectivity index (χ1n) is 5.99. The van der Waals surface area contributed by atoms with Gasteiger partial charge in [0.25, 0.3) is 5.91 Å². The third-order valence-electron chi connectivity index (χ3n) is 2.93. The van der Waals surface area contributed by atoms with E-state index >= 15 is 0 Å². The van der Waals surface area contributed by atoms with Gasteiger partial charge >= 0.3 is 5.97 Å². The van der Waals surface area contributed by atoms with E-state index in [4.69, 9.17) is 5.11 Å². The van der Waals surface area contributed by atoms with Crippen molar-refractivity contribution in [2.45, 2.75) is 6.92 Å². The molecule has 0 fully saturated rings. The number of anilines is 1. The molecule has 0 spiro atoms. The lowest BCUT2D eigenvalue weighted by molar-refractivity contribution is 0.0696. The van der Waals surface area contributed by atoms with Crippen molar-refractivity contribution in [2.24, 2.45) is 0 Å². The van der Waals surface area contributed by atoms with Gasteiger partial charge in [0.05, 0.1) is 11.1 Å². The van der Waals surface area contributed by atoms with Crippen molar-refractivity contribution < 1.29 is 23.5 Å². The van der Waals surface area contributed by atoms with E-state index in [0.29, 0.717) is 5.56 Å². The van der Waals surface area contributed by atoms with Crippen LogP contribution in [0.1, 0.15) is 26.3 Å². The van der Waals surface area contributed by atoms with Crippen LogP contribution in [0.25, 0.3) is 0 Å². The molecule has 6 heteroatoms. The normalized spacial score (nSPS) is 10.2. The molecule has 0 unspecified atom stereocenters. The van der Waals surface area contributed by atoms with Gasteiger partial charge in [-0.2, -0.15) is 0 Å². The average Bonchev–Trinajstić information content (AvgIpc) is 2.43. The van der Waals surface area contributed by atoms with Crippen LogP contribution < -0.4 is 5.32 Å². The van der Waals surface area contributed by atoms with Crippen LogP contribution in [0.4, 0.5) is 14.5 Å². The molecule has 0 aromatic heterocycles. The molecule has 0 aliphatic heterocycles. The number of carboxylic acids is 1. The summed E-state index contributed by atoms with van der Waals surface area (Å²) in [4.78, 5) is 22.9. The monoisotopic (exact) mass is 291 g/mol. The molecule has 1 amide bonds. The number of carboxylic acid groups (broad SMARTS) is 1. The maximum Gasteiger partial charge on any atom is 0.335 e. The largest absolute Gasteiger partial charge is 0.478 e. The van der Waals surface area contributed by atoms with Crippen molar-refractivity contribution in [3.8, 4) is 0 Å². The Balaban J connectivity index is 2.33. The van der Waals surface area contributed by atoms with Gasteiger partial charge in [-0.1, -0.05) is 12.1 Å². The van der Waals surface area contributed by atoms with Gasteiger partial charge < -0.3 is 10.4 Å².